The van der Waals surface area contributed by atoms with Crippen molar-refractivity contribution in [3.8, 4) is 5.75 Å². The van der Waals surface area contributed by atoms with E-state index in [1.807, 2.05) is 28.8 Å². The van der Waals surface area contributed by atoms with Gasteiger partial charge in [-0.2, -0.15) is 0 Å². The zero-order valence-corrected chi connectivity index (χ0v) is 11.3. The number of hydrogen-bond acceptors (Lipinski definition) is 3. The van der Waals surface area contributed by atoms with Crippen LogP contribution < -0.4 is 10.1 Å². The van der Waals surface area contributed by atoms with Crippen molar-refractivity contribution in [2.75, 3.05) is 5.32 Å². The summed E-state index contributed by atoms with van der Waals surface area (Å²) in [5, 5.41) is 2.94. The van der Waals surface area contributed by atoms with Crippen LogP contribution in [0.4, 0.5) is 18.9 Å². The quantitative estimate of drug-likeness (QED) is 0.796. The second kappa shape index (κ2) is 5.59. The van der Waals surface area contributed by atoms with E-state index in [9.17, 15) is 13.2 Å². The summed E-state index contributed by atoms with van der Waals surface area (Å²) in [6.07, 6.45) is -1.20. The van der Waals surface area contributed by atoms with Gasteiger partial charge in [0.2, 0.25) is 0 Å². The molecule has 0 aliphatic rings. The SMILES string of the molecule is FC(F)(F)Oc1ccccc1NCc1cnc2ccccn12. The first-order valence-electron chi connectivity index (χ1n) is 6.52. The van der Waals surface area contributed by atoms with Gasteiger partial charge >= 0.3 is 6.36 Å². The number of ether oxygens (including phenoxy) is 1. The van der Waals surface area contributed by atoms with E-state index in [2.05, 4.69) is 15.0 Å². The molecule has 0 atom stereocenters. The Hall–Kier alpha value is -2.70. The highest BCUT2D eigenvalue weighted by molar-refractivity contribution is 5.56. The van der Waals surface area contributed by atoms with E-state index in [4.69, 9.17) is 0 Å². The molecule has 0 saturated heterocycles. The van der Waals surface area contributed by atoms with Gasteiger partial charge in [-0.15, -0.1) is 13.2 Å². The lowest BCUT2D eigenvalue weighted by atomic mass is 10.3. The number of nitrogens with one attached hydrogen (secondary N) is 1. The molecule has 7 heteroatoms. The molecule has 0 radical (unpaired) electrons. The summed E-state index contributed by atoms with van der Waals surface area (Å²) in [5.41, 5.74) is 1.88. The highest BCUT2D eigenvalue weighted by Gasteiger charge is 2.32. The normalized spacial score (nSPS) is 11.6. The monoisotopic (exact) mass is 307 g/mol. The number of halogens is 3. The maximum absolute atomic E-state index is 12.4. The van der Waals surface area contributed by atoms with Crippen LogP contribution in [-0.2, 0) is 6.54 Å². The second-order valence-corrected chi connectivity index (χ2v) is 4.58. The number of benzene rings is 1. The van der Waals surface area contributed by atoms with Gasteiger partial charge < -0.3 is 14.5 Å². The Morgan fingerprint density at radius 2 is 1.86 bits per heavy atom. The van der Waals surface area contributed by atoms with Crippen LogP contribution in [0.15, 0.2) is 54.9 Å². The lowest BCUT2D eigenvalue weighted by Crippen LogP contribution is -2.18. The van der Waals surface area contributed by atoms with Crippen LogP contribution in [0.1, 0.15) is 5.69 Å². The lowest BCUT2D eigenvalue weighted by molar-refractivity contribution is -0.274. The number of imidazole rings is 1. The van der Waals surface area contributed by atoms with Gasteiger partial charge in [-0.25, -0.2) is 4.98 Å². The fourth-order valence-corrected chi connectivity index (χ4v) is 2.13. The predicted octanol–water partition coefficient (Wildman–Crippen LogP) is 3.85. The van der Waals surface area contributed by atoms with Gasteiger partial charge in [0, 0.05) is 6.20 Å². The van der Waals surface area contributed by atoms with Crippen molar-refractivity contribution < 1.29 is 17.9 Å². The zero-order valence-electron chi connectivity index (χ0n) is 11.3. The molecule has 0 fully saturated rings. The molecule has 0 bridgehead atoms. The standard InChI is InChI=1S/C15H12F3N3O/c16-15(17,18)22-13-6-2-1-5-12(13)19-9-11-10-20-14-7-3-4-8-21(11)14/h1-8,10,19H,9H2. The van der Waals surface area contributed by atoms with Crippen LogP contribution in [0, 0.1) is 0 Å². The minimum Gasteiger partial charge on any atom is -0.404 e. The molecule has 0 unspecified atom stereocenters. The molecule has 0 aliphatic carbocycles. The number of rotatable bonds is 4. The van der Waals surface area contributed by atoms with Crippen LogP contribution in [0.25, 0.3) is 5.65 Å². The summed E-state index contributed by atoms with van der Waals surface area (Å²) < 4.78 is 43.0. The van der Waals surface area contributed by atoms with Gasteiger partial charge in [-0.3, -0.25) is 0 Å². The first-order valence-corrected chi connectivity index (χ1v) is 6.52. The summed E-state index contributed by atoms with van der Waals surface area (Å²) in [5.74, 6) is -0.260. The van der Waals surface area contributed by atoms with Gasteiger partial charge in [-0.05, 0) is 24.3 Å². The summed E-state index contributed by atoms with van der Waals surface area (Å²) >= 11 is 0. The smallest absolute Gasteiger partial charge is 0.404 e. The topological polar surface area (TPSA) is 38.6 Å². The van der Waals surface area contributed by atoms with Gasteiger partial charge in [0.1, 0.15) is 5.65 Å². The minimum atomic E-state index is -4.72. The number of para-hydroxylation sites is 2. The maximum Gasteiger partial charge on any atom is 0.573 e. The summed E-state index contributed by atoms with van der Waals surface area (Å²) in [4.78, 5) is 4.22. The number of fused-ring (bicyclic) bond motifs is 1. The number of aromatic nitrogens is 2. The van der Waals surface area contributed by atoms with E-state index in [-0.39, 0.29) is 11.4 Å². The Labute approximate surface area is 124 Å². The fraction of sp³-hybridized carbons (Fsp3) is 0.133. The average Bonchev–Trinajstić information content (AvgIpc) is 2.88. The molecule has 4 nitrogen and oxygen atoms in total. The van der Waals surface area contributed by atoms with Crippen LogP contribution in [0.5, 0.6) is 5.75 Å². The molecule has 1 aromatic carbocycles. The molecule has 0 aliphatic heterocycles. The molecule has 22 heavy (non-hydrogen) atoms. The molecule has 3 rings (SSSR count). The Balaban J connectivity index is 1.79. The van der Waals surface area contributed by atoms with E-state index in [1.165, 1.54) is 18.2 Å². The molecule has 1 N–H and O–H groups in total. The van der Waals surface area contributed by atoms with Crippen molar-refractivity contribution in [2.45, 2.75) is 12.9 Å². The Morgan fingerprint density at radius 1 is 1.09 bits per heavy atom. The molecule has 0 amide bonds. The van der Waals surface area contributed by atoms with Crippen molar-refractivity contribution >= 4 is 11.3 Å². The molecular formula is C15H12F3N3O. The fourth-order valence-electron chi connectivity index (χ4n) is 2.13. The predicted molar refractivity (Wildman–Crippen MR) is 75.6 cm³/mol. The van der Waals surface area contributed by atoms with Crippen LogP contribution in [-0.4, -0.2) is 15.7 Å². The first-order chi connectivity index (χ1) is 10.5. The van der Waals surface area contributed by atoms with E-state index < -0.39 is 6.36 Å². The molecular weight excluding hydrogens is 295 g/mol. The van der Waals surface area contributed by atoms with Crippen molar-refractivity contribution in [1.29, 1.82) is 0 Å². The summed E-state index contributed by atoms with van der Waals surface area (Å²) in [6.45, 7) is 0.323. The molecule has 0 saturated carbocycles. The third-order valence-corrected chi connectivity index (χ3v) is 3.07. The zero-order chi connectivity index (χ0) is 15.6. The van der Waals surface area contributed by atoms with Crippen molar-refractivity contribution in [3.63, 3.8) is 0 Å². The second-order valence-electron chi connectivity index (χ2n) is 4.58. The van der Waals surface area contributed by atoms with E-state index >= 15 is 0 Å². The van der Waals surface area contributed by atoms with E-state index in [0.717, 1.165) is 11.3 Å². The third kappa shape index (κ3) is 3.13. The molecule has 2 heterocycles. The summed E-state index contributed by atoms with van der Waals surface area (Å²) in [6, 6.07) is 11.5. The maximum atomic E-state index is 12.4. The number of pyridine rings is 1. The number of nitrogens with zero attached hydrogens (tertiary/aromatic N) is 2. The number of alkyl halides is 3. The van der Waals surface area contributed by atoms with Crippen molar-refractivity contribution in [2.24, 2.45) is 0 Å². The Bertz CT molecular complexity index is 783. The van der Waals surface area contributed by atoms with Crippen LogP contribution in [0.2, 0.25) is 0 Å². The highest BCUT2D eigenvalue weighted by atomic mass is 19.4. The largest absolute Gasteiger partial charge is 0.573 e. The molecule has 2 aromatic heterocycles. The minimum absolute atomic E-state index is 0.260. The summed E-state index contributed by atoms with van der Waals surface area (Å²) in [7, 11) is 0. The van der Waals surface area contributed by atoms with Gasteiger partial charge in [-0.1, -0.05) is 18.2 Å². The van der Waals surface area contributed by atoms with E-state index in [1.54, 1.807) is 12.3 Å². The van der Waals surface area contributed by atoms with Crippen molar-refractivity contribution in [1.82, 2.24) is 9.38 Å². The molecule has 3 aromatic rings. The van der Waals surface area contributed by atoms with Crippen LogP contribution >= 0.6 is 0 Å². The van der Waals surface area contributed by atoms with E-state index in [0.29, 0.717) is 6.54 Å². The number of hydrogen-bond donors (Lipinski definition) is 1. The Morgan fingerprint density at radius 3 is 2.68 bits per heavy atom. The van der Waals surface area contributed by atoms with Gasteiger partial charge in [0.15, 0.2) is 5.75 Å². The molecule has 114 valence electrons. The third-order valence-electron chi connectivity index (χ3n) is 3.07. The lowest BCUT2D eigenvalue weighted by Gasteiger charge is -2.14. The van der Waals surface area contributed by atoms with Gasteiger partial charge in [0.05, 0.1) is 24.1 Å². The van der Waals surface area contributed by atoms with Crippen LogP contribution in [0.3, 0.4) is 0 Å². The first kappa shape index (κ1) is 14.2. The molecule has 0 spiro atoms. The highest BCUT2D eigenvalue weighted by Crippen LogP contribution is 2.30. The van der Waals surface area contributed by atoms with Crippen molar-refractivity contribution in [3.05, 3.63) is 60.6 Å². The average molecular weight is 307 g/mol. The van der Waals surface area contributed by atoms with Gasteiger partial charge in [0.25, 0.3) is 0 Å². The number of anilines is 1. The Kier molecular flexibility index (Phi) is 3.62.